The maximum absolute atomic E-state index is 13.4. The molecule has 2 heterocycles. The van der Waals surface area contributed by atoms with Crippen LogP contribution in [-0.2, 0) is 11.3 Å². The van der Waals surface area contributed by atoms with E-state index in [4.69, 9.17) is 9.15 Å². The van der Waals surface area contributed by atoms with Crippen LogP contribution in [-0.4, -0.2) is 23.5 Å². The Morgan fingerprint density at radius 1 is 1.03 bits per heavy atom. The van der Waals surface area contributed by atoms with E-state index in [2.05, 4.69) is 4.98 Å². The zero-order valence-corrected chi connectivity index (χ0v) is 16.4. The molecule has 0 bridgehead atoms. The van der Waals surface area contributed by atoms with Crippen molar-refractivity contribution in [3.8, 4) is 0 Å². The highest BCUT2D eigenvalue weighted by molar-refractivity contribution is 6.06. The lowest BCUT2D eigenvalue weighted by Gasteiger charge is -2.22. The largest absolute Gasteiger partial charge is 0.462 e. The molecule has 150 valence electrons. The number of aromatic nitrogens is 1. The number of pyridine rings is 1. The Labute approximate surface area is 173 Å². The molecule has 2 aromatic heterocycles. The van der Waals surface area contributed by atoms with E-state index in [0.717, 1.165) is 10.9 Å². The van der Waals surface area contributed by atoms with Crippen LogP contribution in [0.5, 0.6) is 0 Å². The summed E-state index contributed by atoms with van der Waals surface area (Å²) in [5.74, 6) is -0.431. The number of carbonyl (C=O) groups is 2. The normalized spacial score (nSPS) is 10.7. The molecular formula is C24H20N2O4. The number of para-hydroxylation sites is 1. The van der Waals surface area contributed by atoms with Gasteiger partial charge in [0.1, 0.15) is 5.58 Å². The second kappa shape index (κ2) is 8.61. The van der Waals surface area contributed by atoms with Crippen molar-refractivity contribution in [2.24, 2.45) is 0 Å². The van der Waals surface area contributed by atoms with Crippen molar-refractivity contribution < 1.29 is 18.7 Å². The third kappa shape index (κ3) is 4.07. The monoisotopic (exact) mass is 400 g/mol. The van der Waals surface area contributed by atoms with E-state index in [1.807, 2.05) is 36.4 Å². The number of amides is 1. The molecule has 0 aliphatic carbocycles. The summed E-state index contributed by atoms with van der Waals surface area (Å²) in [5, 5.41) is 0.861. The number of carbonyl (C=O) groups excluding carboxylic acids is 2. The summed E-state index contributed by atoms with van der Waals surface area (Å²) < 4.78 is 10.8. The van der Waals surface area contributed by atoms with Gasteiger partial charge >= 0.3 is 5.97 Å². The highest BCUT2D eigenvalue weighted by atomic mass is 16.5. The number of rotatable bonds is 6. The third-order valence-corrected chi connectivity index (χ3v) is 4.64. The van der Waals surface area contributed by atoms with Crippen LogP contribution >= 0.6 is 0 Å². The summed E-state index contributed by atoms with van der Waals surface area (Å²) in [6.07, 6.45) is 3.40. The average molecular weight is 400 g/mol. The molecule has 0 aliphatic rings. The van der Waals surface area contributed by atoms with Crippen LogP contribution < -0.4 is 4.90 Å². The number of hydrogen-bond acceptors (Lipinski definition) is 5. The molecule has 0 radical (unpaired) electrons. The second-order valence-corrected chi connectivity index (χ2v) is 6.67. The molecule has 2 aromatic carbocycles. The van der Waals surface area contributed by atoms with Gasteiger partial charge in [-0.05, 0) is 55.0 Å². The number of nitrogens with zero attached hydrogens (tertiary/aromatic N) is 2. The molecule has 4 rings (SSSR count). The lowest BCUT2D eigenvalue weighted by atomic mass is 10.1. The van der Waals surface area contributed by atoms with Crippen molar-refractivity contribution in [3.63, 3.8) is 0 Å². The van der Waals surface area contributed by atoms with Gasteiger partial charge in [0.2, 0.25) is 0 Å². The fourth-order valence-corrected chi connectivity index (χ4v) is 3.17. The topological polar surface area (TPSA) is 72.6 Å². The van der Waals surface area contributed by atoms with Crippen LogP contribution in [0.3, 0.4) is 0 Å². The number of esters is 1. The number of benzene rings is 2. The minimum atomic E-state index is -0.397. The molecule has 4 aromatic rings. The minimum absolute atomic E-state index is 0.245. The van der Waals surface area contributed by atoms with Gasteiger partial charge in [-0.15, -0.1) is 0 Å². The fraction of sp³-hybridized carbons (Fsp3) is 0.125. The van der Waals surface area contributed by atoms with E-state index < -0.39 is 5.97 Å². The van der Waals surface area contributed by atoms with E-state index >= 15 is 0 Å². The fourth-order valence-electron chi connectivity index (χ4n) is 3.17. The van der Waals surface area contributed by atoms with Crippen LogP contribution in [0.4, 0.5) is 5.69 Å². The zero-order valence-electron chi connectivity index (χ0n) is 16.4. The molecule has 0 saturated carbocycles. The molecule has 0 fully saturated rings. The van der Waals surface area contributed by atoms with E-state index in [0.29, 0.717) is 30.0 Å². The standard InChI is InChI=1S/C24H20N2O4/c1-2-29-24(28)18-9-11-20(12-10-18)26(16-17-6-5-13-25-15-17)23(27)22-14-19-7-3-4-8-21(19)30-22/h3-15H,2,16H2,1H3. The summed E-state index contributed by atoms with van der Waals surface area (Å²) in [6.45, 7) is 2.37. The molecule has 6 nitrogen and oxygen atoms in total. The molecular weight excluding hydrogens is 380 g/mol. The number of hydrogen-bond donors (Lipinski definition) is 0. The van der Waals surface area contributed by atoms with Gasteiger partial charge in [0.05, 0.1) is 18.7 Å². The van der Waals surface area contributed by atoms with Gasteiger partial charge < -0.3 is 14.1 Å². The second-order valence-electron chi connectivity index (χ2n) is 6.67. The Bertz CT molecular complexity index is 1130. The van der Waals surface area contributed by atoms with Gasteiger partial charge in [0.25, 0.3) is 5.91 Å². The molecule has 0 aliphatic heterocycles. The molecule has 0 N–H and O–H groups in total. The summed E-state index contributed by atoms with van der Waals surface area (Å²) in [5.41, 5.74) is 2.59. The van der Waals surface area contributed by atoms with Crippen molar-refractivity contribution in [1.82, 2.24) is 4.98 Å². The number of furan rings is 1. The highest BCUT2D eigenvalue weighted by Crippen LogP contribution is 2.25. The molecule has 0 atom stereocenters. The maximum atomic E-state index is 13.4. The summed E-state index contributed by atoms with van der Waals surface area (Å²) in [7, 11) is 0. The van der Waals surface area contributed by atoms with E-state index in [1.54, 1.807) is 54.5 Å². The van der Waals surface area contributed by atoms with Gasteiger partial charge in [-0.1, -0.05) is 24.3 Å². The van der Waals surface area contributed by atoms with E-state index in [-0.39, 0.29) is 11.7 Å². The highest BCUT2D eigenvalue weighted by Gasteiger charge is 2.22. The number of ether oxygens (including phenoxy) is 1. The summed E-state index contributed by atoms with van der Waals surface area (Å²) in [4.78, 5) is 31.0. The van der Waals surface area contributed by atoms with Crippen molar-refractivity contribution in [1.29, 1.82) is 0 Å². The first kappa shape index (κ1) is 19.4. The summed E-state index contributed by atoms with van der Waals surface area (Å²) >= 11 is 0. The SMILES string of the molecule is CCOC(=O)c1ccc(N(Cc2cccnc2)C(=O)c2cc3ccccc3o2)cc1. The smallest absolute Gasteiger partial charge is 0.338 e. The van der Waals surface area contributed by atoms with E-state index in [1.165, 1.54) is 0 Å². The molecule has 0 unspecified atom stereocenters. The lowest BCUT2D eigenvalue weighted by molar-refractivity contribution is 0.0526. The van der Waals surface area contributed by atoms with Gasteiger partial charge in [0, 0.05) is 23.5 Å². The first-order chi connectivity index (χ1) is 14.7. The van der Waals surface area contributed by atoms with Crippen molar-refractivity contribution >= 4 is 28.5 Å². The first-order valence-electron chi connectivity index (χ1n) is 9.62. The van der Waals surface area contributed by atoms with Crippen molar-refractivity contribution in [2.75, 3.05) is 11.5 Å². The van der Waals surface area contributed by atoms with E-state index in [9.17, 15) is 9.59 Å². The minimum Gasteiger partial charge on any atom is -0.462 e. The Kier molecular flexibility index (Phi) is 5.57. The summed E-state index contributed by atoms with van der Waals surface area (Å²) in [6, 6.07) is 19.7. The zero-order chi connectivity index (χ0) is 20.9. The predicted molar refractivity (Wildman–Crippen MR) is 113 cm³/mol. The molecule has 0 saturated heterocycles. The Morgan fingerprint density at radius 2 is 1.83 bits per heavy atom. The maximum Gasteiger partial charge on any atom is 0.338 e. The van der Waals surface area contributed by atoms with Crippen LogP contribution in [0.1, 0.15) is 33.4 Å². The first-order valence-corrected chi connectivity index (χ1v) is 9.62. The Morgan fingerprint density at radius 3 is 2.53 bits per heavy atom. The van der Waals surface area contributed by atoms with Crippen LogP contribution in [0.2, 0.25) is 0 Å². The van der Waals surface area contributed by atoms with Crippen LogP contribution in [0.25, 0.3) is 11.0 Å². The molecule has 30 heavy (non-hydrogen) atoms. The Hall–Kier alpha value is -3.93. The van der Waals surface area contributed by atoms with Gasteiger partial charge in [0.15, 0.2) is 5.76 Å². The number of anilines is 1. The predicted octanol–water partition coefficient (Wildman–Crippen LogP) is 4.85. The molecule has 0 spiro atoms. The quantitative estimate of drug-likeness (QED) is 0.433. The third-order valence-electron chi connectivity index (χ3n) is 4.64. The molecule has 1 amide bonds. The average Bonchev–Trinajstić information content (AvgIpc) is 3.22. The Balaban J connectivity index is 1.68. The van der Waals surface area contributed by atoms with Gasteiger partial charge in [-0.25, -0.2) is 4.79 Å². The molecule has 6 heteroatoms. The van der Waals surface area contributed by atoms with Crippen LogP contribution in [0, 0.1) is 0 Å². The van der Waals surface area contributed by atoms with Crippen molar-refractivity contribution in [3.05, 3.63) is 96.0 Å². The van der Waals surface area contributed by atoms with Crippen LogP contribution in [0.15, 0.2) is 83.5 Å². The van der Waals surface area contributed by atoms with Gasteiger partial charge in [-0.2, -0.15) is 0 Å². The lowest BCUT2D eigenvalue weighted by Crippen LogP contribution is -2.30. The van der Waals surface area contributed by atoms with Crippen molar-refractivity contribution in [2.45, 2.75) is 13.5 Å². The number of fused-ring (bicyclic) bond motifs is 1. The van der Waals surface area contributed by atoms with Gasteiger partial charge in [-0.3, -0.25) is 9.78 Å².